The number of sulfonamides is 1. The second-order valence-corrected chi connectivity index (χ2v) is 8.20. The van der Waals surface area contributed by atoms with E-state index in [0.717, 1.165) is 12.0 Å². The van der Waals surface area contributed by atoms with Gasteiger partial charge in [-0.3, -0.25) is 4.99 Å². The number of nitrogens with one attached hydrogen (secondary N) is 3. The summed E-state index contributed by atoms with van der Waals surface area (Å²) in [6.45, 7) is 3.94. The number of methoxy groups -OCH3 is 1. The third kappa shape index (κ3) is 7.16. The molecule has 0 spiro atoms. The largest absolute Gasteiger partial charge is 0.383 e. The average molecular weight is 419 g/mol. The topological polar surface area (TPSA) is 91.8 Å². The molecule has 0 unspecified atom stereocenters. The zero-order chi connectivity index (χ0) is 21.1. The smallest absolute Gasteiger partial charge is 0.240 e. The molecule has 2 aromatic carbocycles. The normalized spacial score (nSPS) is 12.0. The van der Waals surface area contributed by atoms with E-state index in [-0.39, 0.29) is 11.4 Å². The fourth-order valence-corrected chi connectivity index (χ4v) is 3.82. The van der Waals surface area contributed by atoms with Crippen LogP contribution in [-0.4, -0.2) is 41.7 Å². The van der Waals surface area contributed by atoms with Crippen LogP contribution in [0, 0.1) is 0 Å². The van der Waals surface area contributed by atoms with E-state index >= 15 is 0 Å². The van der Waals surface area contributed by atoms with Crippen LogP contribution in [0.4, 0.5) is 0 Å². The van der Waals surface area contributed by atoms with E-state index in [4.69, 9.17) is 4.74 Å². The molecule has 0 aromatic heterocycles. The number of hydrogen-bond donors (Lipinski definition) is 3. The second kappa shape index (κ2) is 11.5. The summed E-state index contributed by atoms with van der Waals surface area (Å²) in [7, 11) is -0.264. The van der Waals surface area contributed by atoms with Crippen molar-refractivity contribution in [1.82, 2.24) is 15.4 Å². The van der Waals surface area contributed by atoms with E-state index in [1.54, 1.807) is 31.3 Å². The van der Waals surface area contributed by atoms with Crippen molar-refractivity contribution in [3.63, 3.8) is 0 Å². The summed E-state index contributed by atoms with van der Waals surface area (Å²) in [5, 5.41) is 6.57. The van der Waals surface area contributed by atoms with E-state index in [0.29, 0.717) is 25.7 Å². The Morgan fingerprint density at radius 1 is 1.00 bits per heavy atom. The van der Waals surface area contributed by atoms with Gasteiger partial charge in [0.1, 0.15) is 0 Å². The molecule has 0 aliphatic heterocycles. The monoisotopic (exact) mass is 418 g/mol. The summed E-state index contributed by atoms with van der Waals surface area (Å²) in [4.78, 5) is 4.48. The van der Waals surface area contributed by atoms with Gasteiger partial charge in [-0.15, -0.1) is 0 Å². The lowest BCUT2D eigenvalue weighted by atomic mass is 10.1. The molecule has 0 saturated heterocycles. The van der Waals surface area contributed by atoms with Crippen LogP contribution in [-0.2, 0) is 34.3 Å². The molecule has 0 heterocycles. The predicted molar refractivity (Wildman–Crippen MR) is 116 cm³/mol. The zero-order valence-corrected chi connectivity index (χ0v) is 18.1. The van der Waals surface area contributed by atoms with E-state index in [1.165, 1.54) is 18.2 Å². The van der Waals surface area contributed by atoms with E-state index < -0.39 is 10.0 Å². The Morgan fingerprint density at radius 3 is 2.28 bits per heavy atom. The standard InChI is InChI=1S/C21H30N4O3S/c1-4-18-7-5-6-8-19(18)16-24-21(22-2)23-15-17-9-11-20(12-10-17)29(26,27)25-13-14-28-3/h5-12,25H,4,13-16H2,1-3H3,(H2,22,23,24). The number of nitrogens with zero attached hydrogens (tertiary/aromatic N) is 1. The van der Waals surface area contributed by atoms with Crippen LogP contribution in [0.2, 0.25) is 0 Å². The minimum Gasteiger partial charge on any atom is -0.383 e. The van der Waals surface area contributed by atoms with Crippen molar-refractivity contribution in [2.75, 3.05) is 27.3 Å². The second-order valence-electron chi connectivity index (χ2n) is 6.44. The SMILES string of the molecule is CCc1ccccc1CNC(=NC)NCc1ccc(S(=O)(=O)NCCOC)cc1. The highest BCUT2D eigenvalue weighted by molar-refractivity contribution is 7.89. The van der Waals surface area contributed by atoms with Crippen LogP contribution in [0.1, 0.15) is 23.6 Å². The minimum atomic E-state index is -3.52. The number of ether oxygens (including phenoxy) is 1. The van der Waals surface area contributed by atoms with Gasteiger partial charge >= 0.3 is 0 Å². The van der Waals surface area contributed by atoms with E-state index in [2.05, 4.69) is 39.4 Å². The van der Waals surface area contributed by atoms with Crippen molar-refractivity contribution in [3.05, 3.63) is 65.2 Å². The molecule has 0 saturated carbocycles. The van der Waals surface area contributed by atoms with Crippen LogP contribution < -0.4 is 15.4 Å². The highest BCUT2D eigenvalue weighted by atomic mass is 32.2. The maximum Gasteiger partial charge on any atom is 0.240 e. The number of guanidine groups is 1. The molecule has 7 nitrogen and oxygen atoms in total. The first-order valence-electron chi connectivity index (χ1n) is 9.59. The average Bonchev–Trinajstić information content (AvgIpc) is 2.74. The molecule has 0 atom stereocenters. The van der Waals surface area contributed by atoms with Crippen molar-refractivity contribution < 1.29 is 13.2 Å². The molecule has 8 heteroatoms. The van der Waals surface area contributed by atoms with Gasteiger partial charge in [-0.2, -0.15) is 0 Å². The molecule has 0 fully saturated rings. The number of hydrogen-bond acceptors (Lipinski definition) is 4. The summed E-state index contributed by atoms with van der Waals surface area (Å²) in [5.41, 5.74) is 3.51. The fraction of sp³-hybridized carbons (Fsp3) is 0.381. The number of benzene rings is 2. The Morgan fingerprint density at radius 2 is 1.66 bits per heavy atom. The van der Waals surface area contributed by atoms with Gasteiger partial charge in [0.05, 0.1) is 11.5 Å². The Balaban J connectivity index is 1.89. The Hall–Kier alpha value is -2.42. The number of rotatable bonds is 10. The van der Waals surface area contributed by atoms with Crippen LogP contribution in [0.25, 0.3) is 0 Å². The third-order valence-electron chi connectivity index (χ3n) is 4.46. The number of aliphatic imine (C=N–C) groups is 1. The number of aryl methyl sites for hydroxylation is 1. The maximum atomic E-state index is 12.2. The van der Waals surface area contributed by atoms with Crippen molar-refractivity contribution in [3.8, 4) is 0 Å². The first-order chi connectivity index (χ1) is 14.0. The fourth-order valence-electron chi connectivity index (χ4n) is 2.81. The quantitative estimate of drug-likeness (QED) is 0.312. The van der Waals surface area contributed by atoms with Gasteiger partial charge in [0.25, 0.3) is 0 Å². The third-order valence-corrected chi connectivity index (χ3v) is 5.94. The van der Waals surface area contributed by atoms with Gasteiger partial charge in [-0.1, -0.05) is 43.3 Å². The van der Waals surface area contributed by atoms with Gasteiger partial charge in [-0.25, -0.2) is 13.1 Å². The lowest BCUT2D eigenvalue weighted by Crippen LogP contribution is -2.36. The summed E-state index contributed by atoms with van der Waals surface area (Å²) >= 11 is 0. The van der Waals surface area contributed by atoms with Gasteiger partial charge in [0, 0.05) is 33.8 Å². The molecule has 158 valence electrons. The van der Waals surface area contributed by atoms with Crippen molar-refractivity contribution >= 4 is 16.0 Å². The molecule has 29 heavy (non-hydrogen) atoms. The molecule has 0 bridgehead atoms. The van der Waals surface area contributed by atoms with E-state index in [1.807, 2.05) is 12.1 Å². The molecule has 3 N–H and O–H groups in total. The Kier molecular flexibility index (Phi) is 9.11. The molecule has 2 aromatic rings. The van der Waals surface area contributed by atoms with Crippen LogP contribution in [0.5, 0.6) is 0 Å². The van der Waals surface area contributed by atoms with Crippen molar-refractivity contribution in [2.24, 2.45) is 4.99 Å². The van der Waals surface area contributed by atoms with Gasteiger partial charge in [0.2, 0.25) is 10.0 Å². The van der Waals surface area contributed by atoms with Crippen molar-refractivity contribution in [1.29, 1.82) is 0 Å². The highest BCUT2D eigenvalue weighted by Crippen LogP contribution is 2.11. The first kappa shape index (κ1) is 22.9. The van der Waals surface area contributed by atoms with Gasteiger partial charge < -0.3 is 15.4 Å². The van der Waals surface area contributed by atoms with Gasteiger partial charge in [-0.05, 0) is 35.2 Å². The summed E-state index contributed by atoms with van der Waals surface area (Å²) in [6, 6.07) is 15.1. The summed E-state index contributed by atoms with van der Waals surface area (Å²) < 4.78 is 31.7. The molecule has 0 amide bonds. The predicted octanol–water partition coefficient (Wildman–Crippen LogP) is 2.04. The zero-order valence-electron chi connectivity index (χ0n) is 17.2. The Labute approximate surface area is 173 Å². The van der Waals surface area contributed by atoms with Crippen LogP contribution in [0.3, 0.4) is 0 Å². The van der Waals surface area contributed by atoms with Gasteiger partial charge in [0.15, 0.2) is 5.96 Å². The Bertz CT molecular complexity index is 896. The summed E-state index contributed by atoms with van der Waals surface area (Å²) in [6.07, 6.45) is 0.986. The first-order valence-corrected chi connectivity index (χ1v) is 11.1. The molecule has 0 radical (unpaired) electrons. The minimum absolute atomic E-state index is 0.232. The maximum absolute atomic E-state index is 12.2. The lowest BCUT2D eigenvalue weighted by molar-refractivity contribution is 0.204. The molecule has 2 rings (SSSR count). The lowest BCUT2D eigenvalue weighted by Gasteiger charge is -2.14. The van der Waals surface area contributed by atoms with E-state index in [9.17, 15) is 8.42 Å². The molecule has 0 aliphatic rings. The van der Waals surface area contributed by atoms with Crippen molar-refractivity contribution in [2.45, 2.75) is 31.3 Å². The van der Waals surface area contributed by atoms with Crippen LogP contribution in [0.15, 0.2) is 58.4 Å². The molecular weight excluding hydrogens is 388 g/mol. The summed E-state index contributed by atoms with van der Waals surface area (Å²) in [5.74, 6) is 0.689. The molecular formula is C21H30N4O3S. The molecule has 0 aliphatic carbocycles. The highest BCUT2D eigenvalue weighted by Gasteiger charge is 2.13. The van der Waals surface area contributed by atoms with Crippen LogP contribution >= 0.6 is 0 Å².